The van der Waals surface area contributed by atoms with E-state index in [1.54, 1.807) is 12.1 Å². The fourth-order valence-electron chi connectivity index (χ4n) is 2.89. The molecule has 1 aromatic carbocycles. The number of benzene rings is 1. The molecule has 1 aliphatic rings. The smallest absolute Gasteiger partial charge is 0.123 e. The van der Waals surface area contributed by atoms with Crippen LogP contribution in [0, 0.1) is 11.7 Å². The van der Waals surface area contributed by atoms with Crippen LogP contribution < -0.4 is 0 Å². The van der Waals surface area contributed by atoms with Crippen LogP contribution in [-0.4, -0.2) is 31.1 Å². The zero-order chi connectivity index (χ0) is 14.9. The Morgan fingerprint density at radius 3 is 2.45 bits per heavy atom. The van der Waals surface area contributed by atoms with E-state index in [9.17, 15) is 4.39 Å². The number of ether oxygens (including phenoxy) is 1. The molecule has 0 bridgehead atoms. The molecule has 126 valence electrons. The van der Waals surface area contributed by atoms with E-state index in [0.29, 0.717) is 12.5 Å². The van der Waals surface area contributed by atoms with Gasteiger partial charge in [0.1, 0.15) is 5.82 Å². The van der Waals surface area contributed by atoms with E-state index in [-0.39, 0.29) is 18.2 Å². The number of likely N-dealkylation sites (tertiary alicyclic amines) is 1. The number of hydrogen-bond acceptors (Lipinski definition) is 2. The molecule has 0 aromatic heterocycles. The first-order valence-corrected chi connectivity index (χ1v) is 8.32. The van der Waals surface area contributed by atoms with Crippen LogP contribution >= 0.6 is 12.4 Å². The third kappa shape index (κ3) is 7.08. The first-order chi connectivity index (χ1) is 10.3. The Balaban J connectivity index is 0.00000242. The van der Waals surface area contributed by atoms with Crippen LogP contribution in [0.2, 0.25) is 0 Å². The van der Waals surface area contributed by atoms with Crippen LogP contribution in [0.3, 0.4) is 0 Å². The Labute approximate surface area is 140 Å². The highest BCUT2D eigenvalue weighted by molar-refractivity contribution is 5.85. The fourth-order valence-corrected chi connectivity index (χ4v) is 2.89. The van der Waals surface area contributed by atoms with Crippen molar-refractivity contribution < 1.29 is 9.13 Å². The second-order valence-electron chi connectivity index (χ2n) is 6.13. The van der Waals surface area contributed by atoms with Crippen LogP contribution in [0.4, 0.5) is 4.39 Å². The van der Waals surface area contributed by atoms with Crippen molar-refractivity contribution in [1.29, 1.82) is 0 Å². The highest BCUT2D eigenvalue weighted by Crippen LogP contribution is 2.18. The summed E-state index contributed by atoms with van der Waals surface area (Å²) in [6, 6.07) is 6.58. The van der Waals surface area contributed by atoms with Gasteiger partial charge in [0, 0.05) is 6.61 Å². The Kier molecular flexibility index (Phi) is 9.69. The molecule has 1 fully saturated rings. The average Bonchev–Trinajstić information content (AvgIpc) is 2.51. The van der Waals surface area contributed by atoms with Crippen molar-refractivity contribution in [2.24, 2.45) is 5.92 Å². The summed E-state index contributed by atoms with van der Waals surface area (Å²) in [5, 5.41) is 0. The molecule has 0 saturated carbocycles. The highest BCUT2D eigenvalue weighted by atomic mass is 35.5. The van der Waals surface area contributed by atoms with Crippen molar-refractivity contribution in [3.8, 4) is 0 Å². The standard InChI is InChI=1S/C18H28FNO.ClH/c1-2-3-4-11-20-12-9-17(10-13-20)15-21-14-16-5-7-18(19)8-6-16;/h5-8,17H,2-4,9-15H2,1H3;1H. The van der Waals surface area contributed by atoms with E-state index < -0.39 is 0 Å². The summed E-state index contributed by atoms with van der Waals surface area (Å²) < 4.78 is 18.6. The Bertz CT molecular complexity index is 391. The van der Waals surface area contributed by atoms with Gasteiger partial charge in [0.25, 0.3) is 0 Å². The van der Waals surface area contributed by atoms with Gasteiger partial charge < -0.3 is 9.64 Å². The van der Waals surface area contributed by atoms with Gasteiger partial charge in [0.2, 0.25) is 0 Å². The largest absolute Gasteiger partial charge is 0.376 e. The number of piperidine rings is 1. The number of hydrogen-bond donors (Lipinski definition) is 0. The minimum absolute atomic E-state index is 0. The summed E-state index contributed by atoms with van der Waals surface area (Å²) in [5.41, 5.74) is 1.05. The molecule has 1 aromatic rings. The van der Waals surface area contributed by atoms with Gasteiger partial charge in [-0.3, -0.25) is 0 Å². The molecule has 0 amide bonds. The molecule has 0 aliphatic carbocycles. The zero-order valence-corrected chi connectivity index (χ0v) is 14.4. The first kappa shape index (κ1) is 19.4. The lowest BCUT2D eigenvalue weighted by Gasteiger charge is -2.31. The Morgan fingerprint density at radius 2 is 1.82 bits per heavy atom. The number of nitrogens with zero attached hydrogens (tertiary/aromatic N) is 1. The van der Waals surface area contributed by atoms with Crippen LogP contribution in [0.25, 0.3) is 0 Å². The monoisotopic (exact) mass is 329 g/mol. The molecule has 0 spiro atoms. The number of rotatable bonds is 8. The molecule has 2 rings (SSSR count). The molecular formula is C18H29ClFNO. The van der Waals surface area contributed by atoms with E-state index in [1.807, 2.05) is 0 Å². The molecule has 1 aliphatic heterocycles. The van der Waals surface area contributed by atoms with Crippen molar-refractivity contribution >= 4 is 12.4 Å². The minimum Gasteiger partial charge on any atom is -0.376 e. The number of unbranched alkanes of at least 4 members (excludes halogenated alkanes) is 2. The van der Waals surface area contributed by atoms with Crippen LogP contribution in [0.1, 0.15) is 44.6 Å². The van der Waals surface area contributed by atoms with Crippen LogP contribution in [0.15, 0.2) is 24.3 Å². The molecule has 0 radical (unpaired) electrons. The van der Waals surface area contributed by atoms with Crippen molar-refractivity contribution in [3.05, 3.63) is 35.6 Å². The third-order valence-electron chi connectivity index (χ3n) is 4.32. The van der Waals surface area contributed by atoms with Crippen molar-refractivity contribution in [2.75, 3.05) is 26.2 Å². The molecule has 0 unspecified atom stereocenters. The van der Waals surface area contributed by atoms with E-state index in [2.05, 4.69) is 11.8 Å². The van der Waals surface area contributed by atoms with Gasteiger partial charge in [-0.25, -0.2) is 4.39 Å². The van der Waals surface area contributed by atoms with Gasteiger partial charge in [0.15, 0.2) is 0 Å². The average molecular weight is 330 g/mol. The topological polar surface area (TPSA) is 12.5 Å². The predicted octanol–water partition coefficient (Wildman–Crippen LogP) is 4.67. The lowest BCUT2D eigenvalue weighted by Crippen LogP contribution is -2.35. The van der Waals surface area contributed by atoms with Crippen molar-refractivity contribution in [3.63, 3.8) is 0 Å². The van der Waals surface area contributed by atoms with Gasteiger partial charge in [-0.15, -0.1) is 12.4 Å². The third-order valence-corrected chi connectivity index (χ3v) is 4.32. The number of halogens is 2. The van der Waals surface area contributed by atoms with Crippen LogP contribution in [0.5, 0.6) is 0 Å². The second kappa shape index (κ2) is 11.0. The second-order valence-corrected chi connectivity index (χ2v) is 6.13. The normalized spacial score (nSPS) is 16.5. The summed E-state index contributed by atoms with van der Waals surface area (Å²) in [7, 11) is 0. The Morgan fingerprint density at radius 1 is 1.14 bits per heavy atom. The van der Waals surface area contributed by atoms with Crippen LogP contribution in [-0.2, 0) is 11.3 Å². The van der Waals surface area contributed by atoms with E-state index in [4.69, 9.17) is 4.74 Å². The van der Waals surface area contributed by atoms with E-state index >= 15 is 0 Å². The summed E-state index contributed by atoms with van der Waals surface area (Å²) >= 11 is 0. The minimum atomic E-state index is -0.186. The SMILES string of the molecule is CCCCCN1CCC(COCc2ccc(F)cc2)CC1.Cl. The Hall–Kier alpha value is -0.640. The van der Waals surface area contributed by atoms with Crippen molar-refractivity contribution in [1.82, 2.24) is 4.90 Å². The van der Waals surface area contributed by atoms with Gasteiger partial charge in [-0.2, -0.15) is 0 Å². The fraction of sp³-hybridized carbons (Fsp3) is 0.667. The quantitative estimate of drug-likeness (QED) is 0.643. The molecule has 2 nitrogen and oxygen atoms in total. The summed E-state index contributed by atoms with van der Waals surface area (Å²) in [5.74, 6) is 0.502. The molecule has 22 heavy (non-hydrogen) atoms. The lowest BCUT2D eigenvalue weighted by atomic mass is 9.97. The summed E-state index contributed by atoms with van der Waals surface area (Å²) in [4.78, 5) is 2.59. The maximum absolute atomic E-state index is 12.8. The molecule has 0 N–H and O–H groups in total. The zero-order valence-electron chi connectivity index (χ0n) is 13.6. The molecule has 4 heteroatoms. The van der Waals surface area contributed by atoms with Gasteiger partial charge in [0.05, 0.1) is 6.61 Å². The molecule has 1 heterocycles. The summed E-state index contributed by atoms with van der Waals surface area (Å²) in [6.45, 7) is 7.38. The van der Waals surface area contributed by atoms with Gasteiger partial charge >= 0.3 is 0 Å². The predicted molar refractivity (Wildman–Crippen MR) is 92.0 cm³/mol. The molecule has 0 atom stereocenters. The first-order valence-electron chi connectivity index (χ1n) is 8.32. The highest BCUT2D eigenvalue weighted by Gasteiger charge is 2.18. The summed E-state index contributed by atoms with van der Waals surface area (Å²) in [6.07, 6.45) is 6.47. The molecule has 1 saturated heterocycles. The van der Waals surface area contributed by atoms with Gasteiger partial charge in [-0.1, -0.05) is 31.9 Å². The molecular weight excluding hydrogens is 301 g/mol. The maximum Gasteiger partial charge on any atom is 0.123 e. The maximum atomic E-state index is 12.8. The van der Waals surface area contributed by atoms with E-state index in [0.717, 1.165) is 12.2 Å². The van der Waals surface area contributed by atoms with Crippen molar-refractivity contribution in [2.45, 2.75) is 45.6 Å². The van der Waals surface area contributed by atoms with Gasteiger partial charge in [-0.05, 0) is 62.5 Å². The lowest BCUT2D eigenvalue weighted by molar-refractivity contribution is 0.0574. The van der Waals surface area contributed by atoms with E-state index in [1.165, 1.54) is 63.9 Å².